The number of carbonyl (C=O) groups excluding carboxylic acids is 1. The number of nitrogens with zero attached hydrogens (tertiary/aromatic N) is 2. The van der Waals surface area contributed by atoms with Gasteiger partial charge in [0.25, 0.3) is 0 Å². The molecule has 9 nitrogen and oxygen atoms in total. The van der Waals surface area contributed by atoms with Crippen LogP contribution in [0.5, 0.6) is 5.75 Å². The van der Waals surface area contributed by atoms with Crippen LogP contribution in [0.1, 0.15) is 38.6 Å². The fraction of sp³-hybridized carbons (Fsp3) is 0.348. The van der Waals surface area contributed by atoms with Crippen molar-refractivity contribution in [3.05, 3.63) is 60.0 Å². The average molecular weight is 473 g/mol. The molecule has 3 aromatic rings. The second kappa shape index (κ2) is 11.1. The molecule has 0 aliphatic heterocycles. The molecule has 0 saturated heterocycles. The van der Waals surface area contributed by atoms with Crippen LogP contribution in [0, 0.1) is 0 Å². The van der Waals surface area contributed by atoms with Crippen molar-refractivity contribution in [1.29, 1.82) is 0 Å². The first kappa shape index (κ1) is 24.4. The smallest absolute Gasteiger partial charge is 0.240 e. The van der Waals surface area contributed by atoms with E-state index in [9.17, 15) is 13.2 Å². The molecule has 3 rings (SSSR count). The van der Waals surface area contributed by atoms with Gasteiger partial charge in [0.2, 0.25) is 27.6 Å². The van der Waals surface area contributed by atoms with Crippen molar-refractivity contribution in [3.63, 3.8) is 0 Å². The van der Waals surface area contributed by atoms with Gasteiger partial charge in [-0.2, -0.15) is 4.98 Å². The van der Waals surface area contributed by atoms with Gasteiger partial charge in [-0.1, -0.05) is 17.3 Å². The summed E-state index contributed by atoms with van der Waals surface area (Å²) in [4.78, 5) is 16.7. The van der Waals surface area contributed by atoms with E-state index >= 15 is 0 Å². The number of hydrogen-bond donors (Lipinski definition) is 2. The van der Waals surface area contributed by atoms with Crippen molar-refractivity contribution >= 4 is 15.9 Å². The Hall–Kier alpha value is -3.24. The maximum absolute atomic E-state index is 12.3. The molecular weight excluding hydrogens is 444 g/mol. The van der Waals surface area contributed by atoms with Crippen LogP contribution in [-0.2, 0) is 27.8 Å². The summed E-state index contributed by atoms with van der Waals surface area (Å²) in [6.45, 7) is 6.24. The molecule has 1 amide bonds. The van der Waals surface area contributed by atoms with Gasteiger partial charge in [0.1, 0.15) is 5.75 Å². The Morgan fingerprint density at radius 2 is 1.91 bits per heavy atom. The summed E-state index contributed by atoms with van der Waals surface area (Å²) in [5.41, 5.74) is 1.48. The van der Waals surface area contributed by atoms with E-state index in [1.165, 1.54) is 6.07 Å². The Bertz CT molecular complexity index is 1170. The fourth-order valence-corrected chi connectivity index (χ4v) is 4.37. The van der Waals surface area contributed by atoms with Crippen LogP contribution in [-0.4, -0.2) is 37.1 Å². The van der Waals surface area contributed by atoms with Crippen molar-refractivity contribution in [2.45, 2.75) is 51.1 Å². The van der Waals surface area contributed by atoms with Gasteiger partial charge < -0.3 is 14.6 Å². The molecule has 0 bridgehead atoms. The van der Waals surface area contributed by atoms with Gasteiger partial charge in [-0.3, -0.25) is 4.79 Å². The van der Waals surface area contributed by atoms with E-state index < -0.39 is 10.0 Å². The van der Waals surface area contributed by atoms with Crippen molar-refractivity contribution in [1.82, 2.24) is 20.2 Å². The van der Waals surface area contributed by atoms with Crippen LogP contribution < -0.4 is 14.8 Å². The first-order valence-electron chi connectivity index (χ1n) is 10.7. The first-order chi connectivity index (χ1) is 15.8. The molecule has 2 aromatic carbocycles. The summed E-state index contributed by atoms with van der Waals surface area (Å²) in [6, 6.07) is 13.6. The zero-order valence-corrected chi connectivity index (χ0v) is 19.7. The lowest BCUT2D eigenvalue weighted by Crippen LogP contribution is -2.30. The van der Waals surface area contributed by atoms with E-state index in [1.807, 2.05) is 31.2 Å². The predicted molar refractivity (Wildman–Crippen MR) is 123 cm³/mol. The van der Waals surface area contributed by atoms with Crippen molar-refractivity contribution in [2.75, 3.05) is 6.61 Å². The molecule has 176 valence electrons. The third kappa shape index (κ3) is 7.13. The van der Waals surface area contributed by atoms with Crippen molar-refractivity contribution < 1.29 is 22.5 Å². The molecule has 0 unspecified atom stereocenters. The lowest BCUT2D eigenvalue weighted by molar-refractivity contribution is -0.121. The number of carbonyl (C=O) groups is 1. The molecule has 1 heterocycles. The molecule has 0 atom stereocenters. The average Bonchev–Trinajstić information content (AvgIpc) is 3.25. The second-order valence-electron chi connectivity index (χ2n) is 7.67. The highest BCUT2D eigenvalue weighted by Gasteiger charge is 2.16. The molecule has 1 aromatic heterocycles. The number of nitrogens with one attached hydrogen (secondary N) is 2. The van der Waals surface area contributed by atoms with Crippen molar-refractivity contribution in [2.24, 2.45) is 0 Å². The highest BCUT2D eigenvalue weighted by molar-refractivity contribution is 7.89. The molecule has 0 radical (unpaired) electrons. The maximum atomic E-state index is 12.3. The SMILES string of the molecule is CCOc1ccc(-c2noc(CCC(=O)NCc3cccc(S(=O)(=O)NC(C)C)c3)n2)cc1. The van der Waals surface area contributed by atoms with Crippen LogP contribution >= 0.6 is 0 Å². The van der Waals surface area contributed by atoms with Gasteiger partial charge in [-0.15, -0.1) is 0 Å². The molecule has 0 aliphatic rings. The zero-order chi connectivity index (χ0) is 23.8. The summed E-state index contributed by atoms with van der Waals surface area (Å²) in [5, 5.41) is 6.75. The number of hydrogen-bond acceptors (Lipinski definition) is 7. The van der Waals surface area contributed by atoms with E-state index in [0.717, 1.165) is 11.3 Å². The van der Waals surface area contributed by atoms with E-state index in [-0.39, 0.29) is 29.8 Å². The third-order valence-corrected chi connectivity index (χ3v) is 6.20. The summed E-state index contributed by atoms with van der Waals surface area (Å²) in [6.07, 6.45) is 0.459. The number of aromatic nitrogens is 2. The monoisotopic (exact) mass is 472 g/mol. The standard InChI is InChI=1S/C23H28N4O5S/c1-4-31-19-10-8-18(9-11-19)23-25-22(32-26-23)13-12-21(28)24-15-17-6-5-7-20(14-17)33(29,30)27-16(2)3/h5-11,14,16,27H,4,12-13,15H2,1-3H3,(H,24,28). The molecule has 33 heavy (non-hydrogen) atoms. The Balaban J connectivity index is 1.51. The largest absolute Gasteiger partial charge is 0.494 e. The molecule has 2 N–H and O–H groups in total. The summed E-state index contributed by atoms with van der Waals surface area (Å²) in [7, 11) is -3.59. The van der Waals surface area contributed by atoms with Crippen LogP contribution in [0.2, 0.25) is 0 Å². The van der Waals surface area contributed by atoms with Gasteiger partial charge in [-0.25, -0.2) is 13.1 Å². The fourth-order valence-electron chi connectivity index (χ4n) is 3.05. The molecular formula is C23H28N4O5S. The zero-order valence-electron chi connectivity index (χ0n) is 18.9. The minimum atomic E-state index is -3.59. The third-order valence-electron chi connectivity index (χ3n) is 4.55. The quantitative estimate of drug-likeness (QED) is 0.439. The lowest BCUT2D eigenvalue weighted by Gasteiger charge is -2.11. The number of benzene rings is 2. The molecule has 10 heteroatoms. The van der Waals surface area contributed by atoms with Crippen molar-refractivity contribution in [3.8, 4) is 17.1 Å². The van der Waals surface area contributed by atoms with E-state index in [0.29, 0.717) is 30.3 Å². The first-order valence-corrected chi connectivity index (χ1v) is 12.2. The Morgan fingerprint density at radius 3 is 2.61 bits per heavy atom. The highest BCUT2D eigenvalue weighted by atomic mass is 32.2. The number of aryl methyl sites for hydroxylation is 1. The van der Waals surface area contributed by atoms with E-state index in [1.54, 1.807) is 32.0 Å². The minimum Gasteiger partial charge on any atom is -0.494 e. The predicted octanol–water partition coefficient (Wildman–Crippen LogP) is 3.07. The van der Waals surface area contributed by atoms with Crippen LogP contribution in [0.3, 0.4) is 0 Å². The Morgan fingerprint density at radius 1 is 1.15 bits per heavy atom. The Kier molecular flexibility index (Phi) is 8.18. The maximum Gasteiger partial charge on any atom is 0.240 e. The number of amides is 1. The summed E-state index contributed by atoms with van der Waals surface area (Å²) < 4.78 is 37.8. The lowest BCUT2D eigenvalue weighted by atomic mass is 10.2. The minimum absolute atomic E-state index is 0.163. The van der Waals surface area contributed by atoms with Gasteiger partial charge in [0.05, 0.1) is 11.5 Å². The Labute approximate surface area is 193 Å². The summed E-state index contributed by atoms with van der Waals surface area (Å²) >= 11 is 0. The molecule has 0 fully saturated rings. The molecule has 0 aliphatic carbocycles. The van der Waals surface area contributed by atoms with Gasteiger partial charge in [-0.05, 0) is 62.7 Å². The van der Waals surface area contributed by atoms with Crippen LogP contribution in [0.15, 0.2) is 57.9 Å². The number of sulfonamides is 1. The van der Waals surface area contributed by atoms with Gasteiger partial charge in [0.15, 0.2) is 0 Å². The van der Waals surface area contributed by atoms with E-state index in [2.05, 4.69) is 20.2 Å². The van der Waals surface area contributed by atoms with Crippen LogP contribution in [0.4, 0.5) is 0 Å². The second-order valence-corrected chi connectivity index (χ2v) is 9.38. The normalized spacial score (nSPS) is 11.5. The van der Waals surface area contributed by atoms with E-state index in [4.69, 9.17) is 9.26 Å². The molecule has 0 saturated carbocycles. The van der Waals surface area contributed by atoms with Gasteiger partial charge in [0, 0.05) is 31.0 Å². The molecule has 0 spiro atoms. The topological polar surface area (TPSA) is 123 Å². The highest BCUT2D eigenvalue weighted by Crippen LogP contribution is 2.20. The van der Waals surface area contributed by atoms with Gasteiger partial charge >= 0.3 is 0 Å². The van der Waals surface area contributed by atoms with Crippen LogP contribution in [0.25, 0.3) is 11.4 Å². The summed E-state index contributed by atoms with van der Waals surface area (Å²) in [5.74, 6) is 1.37. The number of rotatable bonds is 11. The number of ether oxygens (including phenoxy) is 1.